The van der Waals surface area contributed by atoms with Gasteiger partial charge in [-0.2, -0.15) is 0 Å². The molecular weight excluding hydrogens is 371 g/mol. The van der Waals surface area contributed by atoms with Crippen LogP contribution < -0.4 is 5.32 Å². The quantitative estimate of drug-likeness (QED) is 0.836. The summed E-state index contributed by atoms with van der Waals surface area (Å²) in [6.07, 6.45) is 1.08. The maximum Gasteiger partial charge on any atom is 0.223 e. The van der Waals surface area contributed by atoms with Gasteiger partial charge in [0, 0.05) is 25.0 Å². The summed E-state index contributed by atoms with van der Waals surface area (Å²) in [5.41, 5.74) is 0.601. The second kappa shape index (κ2) is 8.04. The van der Waals surface area contributed by atoms with Gasteiger partial charge in [0.1, 0.15) is 0 Å². The highest BCUT2D eigenvalue weighted by molar-refractivity contribution is 7.88. The van der Waals surface area contributed by atoms with Crippen LogP contribution in [0.5, 0.6) is 0 Å². The molecule has 0 aliphatic carbocycles. The van der Waals surface area contributed by atoms with E-state index >= 15 is 0 Å². The second-order valence-corrected chi connectivity index (χ2v) is 9.12. The van der Waals surface area contributed by atoms with Gasteiger partial charge >= 0.3 is 0 Å². The maximum atomic E-state index is 12.6. The van der Waals surface area contributed by atoms with Crippen molar-refractivity contribution in [2.24, 2.45) is 5.92 Å². The molecule has 8 heteroatoms. The van der Waals surface area contributed by atoms with Crippen LogP contribution in [0, 0.1) is 5.92 Å². The molecule has 1 aliphatic heterocycles. The van der Waals surface area contributed by atoms with Crippen molar-refractivity contribution in [3.8, 4) is 0 Å². The van der Waals surface area contributed by atoms with Crippen molar-refractivity contribution < 1.29 is 13.2 Å². The Balaban J connectivity index is 1.97. The number of halogens is 2. The number of nitrogens with one attached hydrogen (secondary N) is 1. The van der Waals surface area contributed by atoms with Gasteiger partial charge in [-0.3, -0.25) is 4.79 Å². The Kier molecular flexibility index (Phi) is 6.53. The zero-order valence-electron chi connectivity index (χ0n) is 13.8. The van der Waals surface area contributed by atoms with E-state index in [9.17, 15) is 13.2 Å². The molecule has 0 spiro atoms. The molecule has 1 N–H and O–H groups in total. The number of nitrogens with zero attached hydrogens (tertiary/aromatic N) is 1. The van der Waals surface area contributed by atoms with E-state index in [1.165, 1.54) is 4.31 Å². The van der Waals surface area contributed by atoms with Crippen LogP contribution in [0.3, 0.4) is 0 Å². The molecule has 2 rings (SSSR count). The number of hydrogen-bond acceptors (Lipinski definition) is 3. The number of carbonyl (C=O) groups is 1. The van der Waals surface area contributed by atoms with Crippen molar-refractivity contribution in [3.63, 3.8) is 0 Å². The number of sulfonamides is 1. The Bertz CT molecular complexity index is 699. The van der Waals surface area contributed by atoms with Gasteiger partial charge in [-0.05, 0) is 44.4 Å². The smallest absolute Gasteiger partial charge is 0.223 e. The molecule has 0 radical (unpaired) electrons. The molecule has 0 aromatic heterocycles. The van der Waals surface area contributed by atoms with Crippen molar-refractivity contribution in [2.75, 3.05) is 13.1 Å². The van der Waals surface area contributed by atoms with E-state index in [0.717, 1.165) is 0 Å². The summed E-state index contributed by atoms with van der Waals surface area (Å²) >= 11 is 11.8. The third-order valence-corrected chi connectivity index (χ3v) is 6.57. The van der Waals surface area contributed by atoms with Gasteiger partial charge in [0.05, 0.1) is 15.8 Å². The Morgan fingerprint density at radius 3 is 2.42 bits per heavy atom. The van der Waals surface area contributed by atoms with Crippen molar-refractivity contribution in [1.82, 2.24) is 9.62 Å². The monoisotopic (exact) mass is 392 g/mol. The maximum absolute atomic E-state index is 12.6. The molecule has 5 nitrogen and oxygen atoms in total. The molecular formula is C16H22Cl2N2O3S. The van der Waals surface area contributed by atoms with Crippen LogP contribution in [0.4, 0.5) is 0 Å². The third-order valence-electron chi connectivity index (χ3n) is 3.98. The van der Waals surface area contributed by atoms with Crippen LogP contribution in [0.25, 0.3) is 0 Å². The minimum absolute atomic E-state index is 0.00605. The van der Waals surface area contributed by atoms with Gasteiger partial charge in [0.25, 0.3) is 0 Å². The molecule has 1 fully saturated rings. The van der Waals surface area contributed by atoms with Crippen molar-refractivity contribution in [2.45, 2.75) is 38.5 Å². The lowest BCUT2D eigenvalue weighted by atomic mass is 9.97. The van der Waals surface area contributed by atoms with Gasteiger partial charge in [-0.1, -0.05) is 29.3 Å². The largest absolute Gasteiger partial charge is 0.354 e. The van der Waals surface area contributed by atoms with Crippen LogP contribution >= 0.6 is 23.2 Å². The molecule has 0 saturated carbocycles. The number of benzene rings is 1. The van der Waals surface area contributed by atoms with Gasteiger partial charge in [-0.15, -0.1) is 0 Å². The first-order valence-corrected chi connectivity index (χ1v) is 10.3. The molecule has 1 saturated heterocycles. The normalized spacial score (nSPS) is 17.2. The number of carbonyl (C=O) groups excluding carboxylic acids is 1. The molecule has 0 atom stereocenters. The molecule has 134 valence electrons. The minimum Gasteiger partial charge on any atom is -0.354 e. The molecule has 1 aliphatic rings. The fraction of sp³-hybridized carbons (Fsp3) is 0.562. The topological polar surface area (TPSA) is 66.5 Å². The Hall–Kier alpha value is -0.820. The van der Waals surface area contributed by atoms with Crippen LogP contribution in [0.1, 0.15) is 32.3 Å². The lowest BCUT2D eigenvalue weighted by molar-refractivity contribution is -0.126. The molecule has 1 aromatic carbocycles. The summed E-state index contributed by atoms with van der Waals surface area (Å²) in [7, 11) is -3.44. The SMILES string of the molecule is CC(C)NC(=O)C1CCN(S(=O)(=O)Cc2ccc(Cl)c(Cl)c2)CC1. The minimum atomic E-state index is -3.44. The Morgan fingerprint density at radius 1 is 1.25 bits per heavy atom. The van der Waals surface area contributed by atoms with E-state index in [1.807, 2.05) is 13.8 Å². The van der Waals surface area contributed by atoms with Gasteiger partial charge < -0.3 is 5.32 Å². The average molecular weight is 393 g/mol. The Labute approximate surface area is 153 Å². The van der Waals surface area contributed by atoms with E-state index in [0.29, 0.717) is 41.5 Å². The highest BCUT2D eigenvalue weighted by Gasteiger charge is 2.31. The summed E-state index contributed by atoms with van der Waals surface area (Å²) < 4.78 is 26.6. The first-order chi connectivity index (χ1) is 11.2. The second-order valence-electron chi connectivity index (χ2n) is 6.34. The molecule has 24 heavy (non-hydrogen) atoms. The number of amides is 1. The lowest BCUT2D eigenvalue weighted by Crippen LogP contribution is -2.44. The first kappa shape index (κ1) is 19.5. The standard InChI is InChI=1S/C16H22Cl2N2O3S/c1-11(2)19-16(21)13-5-7-20(8-6-13)24(22,23)10-12-3-4-14(17)15(18)9-12/h3-4,9,11,13H,5-8,10H2,1-2H3,(H,19,21). The van der Waals surface area contributed by atoms with Crippen LogP contribution in [-0.4, -0.2) is 37.8 Å². The highest BCUT2D eigenvalue weighted by atomic mass is 35.5. The first-order valence-electron chi connectivity index (χ1n) is 7.91. The predicted molar refractivity (Wildman–Crippen MR) is 96.7 cm³/mol. The summed E-state index contributed by atoms with van der Waals surface area (Å²) in [5.74, 6) is -0.234. The number of piperidine rings is 1. The number of rotatable bonds is 5. The molecule has 1 aromatic rings. The van der Waals surface area contributed by atoms with Gasteiger partial charge in [0.15, 0.2) is 0 Å². The molecule has 1 heterocycles. The van der Waals surface area contributed by atoms with E-state index in [4.69, 9.17) is 23.2 Å². The summed E-state index contributed by atoms with van der Waals surface area (Å²) in [6.45, 7) is 4.54. The van der Waals surface area contributed by atoms with Crippen molar-refractivity contribution >= 4 is 39.1 Å². The average Bonchev–Trinajstić information content (AvgIpc) is 2.50. The van der Waals surface area contributed by atoms with Crippen LogP contribution in [0.2, 0.25) is 10.0 Å². The van der Waals surface area contributed by atoms with Gasteiger partial charge in [0.2, 0.25) is 15.9 Å². The summed E-state index contributed by atoms with van der Waals surface area (Å²) in [6, 6.07) is 4.92. The zero-order chi connectivity index (χ0) is 17.9. The van der Waals surface area contributed by atoms with E-state index < -0.39 is 10.0 Å². The third kappa shape index (κ3) is 5.09. The van der Waals surface area contributed by atoms with Crippen LogP contribution in [0.15, 0.2) is 18.2 Å². The Morgan fingerprint density at radius 2 is 1.88 bits per heavy atom. The predicted octanol–water partition coefficient (Wildman–Crippen LogP) is 3.06. The lowest BCUT2D eigenvalue weighted by Gasteiger charge is -2.31. The van der Waals surface area contributed by atoms with E-state index in [2.05, 4.69) is 5.32 Å². The van der Waals surface area contributed by atoms with E-state index in [-0.39, 0.29) is 23.6 Å². The molecule has 0 unspecified atom stereocenters. The fourth-order valence-corrected chi connectivity index (χ4v) is 4.60. The highest BCUT2D eigenvalue weighted by Crippen LogP contribution is 2.26. The van der Waals surface area contributed by atoms with Crippen LogP contribution in [-0.2, 0) is 20.6 Å². The zero-order valence-corrected chi connectivity index (χ0v) is 16.1. The molecule has 1 amide bonds. The van der Waals surface area contributed by atoms with Crippen molar-refractivity contribution in [1.29, 1.82) is 0 Å². The summed E-state index contributed by atoms with van der Waals surface area (Å²) in [4.78, 5) is 12.0. The van der Waals surface area contributed by atoms with Gasteiger partial charge in [-0.25, -0.2) is 12.7 Å². The van der Waals surface area contributed by atoms with E-state index in [1.54, 1.807) is 18.2 Å². The molecule has 0 bridgehead atoms. The fourth-order valence-electron chi connectivity index (χ4n) is 2.73. The van der Waals surface area contributed by atoms with Crippen molar-refractivity contribution in [3.05, 3.63) is 33.8 Å². The number of hydrogen-bond donors (Lipinski definition) is 1. The summed E-state index contributed by atoms with van der Waals surface area (Å²) in [5, 5.41) is 3.62.